The minimum absolute atomic E-state index is 0.637. The van der Waals surface area contributed by atoms with Gasteiger partial charge in [0.25, 0.3) is 0 Å². The van der Waals surface area contributed by atoms with Crippen LogP contribution in [0.5, 0.6) is 0 Å². The van der Waals surface area contributed by atoms with Crippen LogP contribution < -0.4 is 0 Å². The average molecular weight is 304 g/mol. The first-order valence-electron chi connectivity index (χ1n) is 9.14. The highest BCUT2D eigenvalue weighted by Gasteiger charge is 2.23. The average Bonchev–Trinajstić information content (AvgIpc) is 2.63. The topological polar surface area (TPSA) is 0 Å². The first-order valence-corrected chi connectivity index (χ1v) is 9.14. The van der Waals surface area contributed by atoms with Crippen molar-refractivity contribution in [1.29, 1.82) is 0 Å². The summed E-state index contributed by atoms with van der Waals surface area (Å²) in [4.78, 5) is 0. The summed E-state index contributed by atoms with van der Waals surface area (Å²) in [7, 11) is 0. The Morgan fingerprint density at radius 2 is 1.65 bits per heavy atom. The number of hydrogen-bond donors (Lipinski definition) is 0. The van der Waals surface area contributed by atoms with Gasteiger partial charge >= 0.3 is 0 Å². The van der Waals surface area contributed by atoms with Gasteiger partial charge in [-0.25, -0.2) is 0 Å². The van der Waals surface area contributed by atoms with Crippen LogP contribution in [0.1, 0.15) is 55.2 Å². The lowest BCUT2D eigenvalue weighted by molar-refractivity contribution is 0.387. The van der Waals surface area contributed by atoms with Gasteiger partial charge in [0.15, 0.2) is 0 Å². The fourth-order valence-corrected chi connectivity index (χ4v) is 3.82. The molecule has 0 spiro atoms. The van der Waals surface area contributed by atoms with Crippen molar-refractivity contribution in [1.82, 2.24) is 0 Å². The fourth-order valence-electron chi connectivity index (χ4n) is 3.82. The largest absolute Gasteiger partial charge is 0.0885 e. The van der Waals surface area contributed by atoms with Crippen molar-refractivity contribution in [2.45, 2.75) is 51.4 Å². The molecule has 0 radical (unpaired) electrons. The highest BCUT2D eigenvalue weighted by atomic mass is 14.3. The van der Waals surface area contributed by atoms with Gasteiger partial charge in [-0.05, 0) is 60.6 Å². The van der Waals surface area contributed by atoms with Gasteiger partial charge in [-0.2, -0.15) is 0 Å². The number of rotatable bonds is 6. The molecule has 0 N–H and O–H groups in total. The van der Waals surface area contributed by atoms with E-state index >= 15 is 0 Å². The molecule has 0 nitrogen and oxygen atoms in total. The fraction of sp³-hybridized carbons (Fsp3) is 0.391. The highest BCUT2D eigenvalue weighted by Crippen LogP contribution is 2.36. The van der Waals surface area contributed by atoms with Crippen LogP contribution in [0.2, 0.25) is 0 Å². The van der Waals surface area contributed by atoms with Gasteiger partial charge in [0, 0.05) is 0 Å². The quantitative estimate of drug-likeness (QED) is 0.548. The summed E-state index contributed by atoms with van der Waals surface area (Å²) < 4.78 is 0. The molecule has 120 valence electrons. The molecule has 0 aromatic heterocycles. The van der Waals surface area contributed by atoms with Gasteiger partial charge in [0.2, 0.25) is 0 Å². The molecule has 0 saturated carbocycles. The van der Waals surface area contributed by atoms with E-state index in [0.717, 1.165) is 12.3 Å². The third-order valence-electron chi connectivity index (χ3n) is 5.12. The Balaban J connectivity index is 1.79. The zero-order valence-electron chi connectivity index (χ0n) is 14.2. The lowest BCUT2D eigenvalue weighted by atomic mass is 9.76. The van der Waals surface area contributed by atoms with Crippen LogP contribution in [0.25, 0.3) is 0 Å². The van der Waals surface area contributed by atoms with E-state index in [9.17, 15) is 0 Å². The van der Waals surface area contributed by atoms with Gasteiger partial charge < -0.3 is 0 Å². The molecule has 0 bridgehead atoms. The Morgan fingerprint density at radius 3 is 2.30 bits per heavy atom. The second kappa shape index (κ2) is 8.15. The summed E-state index contributed by atoms with van der Waals surface area (Å²) in [5.74, 6) is 1.41. The molecule has 1 aliphatic carbocycles. The molecule has 3 rings (SSSR count). The summed E-state index contributed by atoms with van der Waals surface area (Å²) in [6, 6.07) is 20.5. The van der Waals surface area contributed by atoms with Crippen LogP contribution in [-0.2, 0) is 12.8 Å². The molecular weight excluding hydrogens is 276 g/mol. The zero-order valence-corrected chi connectivity index (χ0v) is 14.2. The molecule has 1 aliphatic rings. The molecule has 0 heterocycles. The van der Waals surface area contributed by atoms with Crippen LogP contribution in [0, 0.1) is 5.92 Å². The standard InChI is InChI=1S/C23H28/c1-2-9-19-14-16-20(17-15-19)18-23(21-10-5-3-6-11-21)22-12-7-4-8-13-22/h3-7,10-11,14-17,22-23H,2,8-9,12-13,18H2,1H3. The van der Waals surface area contributed by atoms with Gasteiger partial charge in [-0.3, -0.25) is 0 Å². The summed E-state index contributed by atoms with van der Waals surface area (Å²) in [6.45, 7) is 2.25. The molecule has 0 fully saturated rings. The third kappa shape index (κ3) is 4.34. The molecule has 0 heteroatoms. The Morgan fingerprint density at radius 1 is 0.913 bits per heavy atom. The van der Waals surface area contributed by atoms with Crippen molar-refractivity contribution in [2.75, 3.05) is 0 Å². The van der Waals surface area contributed by atoms with E-state index in [4.69, 9.17) is 0 Å². The Kier molecular flexibility index (Phi) is 5.69. The smallest absolute Gasteiger partial charge is 0.00901 e. The van der Waals surface area contributed by atoms with Crippen LogP contribution in [0.15, 0.2) is 66.7 Å². The minimum atomic E-state index is 0.637. The molecule has 0 saturated heterocycles. The van der Waals surface area contributed by atoms with Crippen molar-refractivity contribution in [2.24, 2.45) is 5.92 Å². The first kappa shape index (κ1) is 16.1. The number of benzene rings is 2. The molecule has 2 atom stereocenters. The zero-order chi connectivity index (χ0) is 15.9. The van der Waals surface area contributed by atoms with Crippen molar-refractivity contribution < 1.29 is 0 Å². The van der Waals surface area contributed by atoms with Gasteiger partial charge in [0.05, 0.1) is 0 Å². The second-order valence-corrected chi connectivity index (χ2v) is 6.83. The lowest BCUT2D eigenvalue weighted by Crippen LogP contribution is -2.17. The molecule has 2 unspecified atom stereocenters. The summed E-state index contributed by atoms with van der Waals surface area (Å²) in [5, 5.41) is 0. The molecule has 2 aromatic carbocycles. The van der Waals surface area contributed by atoms with E-state index in [0.29, 0.717) is 5.92 Å². The van der Waals surface area contributed by atoms with Crippen molar-refractivity contribution in [3.8, 4) is 0 Å². The van der Waals surface area contributed by atoms with E-state index in [2.05, 4.69) is 73.7 Å². The van der Waals surface area contributed by atoms with E-state index in [1.807, 2.05) is 0 Å². The predicted octanol–water partition coefficient (Wildman–Crippen LogP) is 6.32. The Hall–Kier alpha value is -1.82. The van der Waals surface area contributed by atoms with E-state index < -0.39 is 0 Å². The van der Waals surface area contributed by atoms with Gasteiger partial charge in [0.1, 0.15) is 0 Å². The number of aryl methyl sites for hydroxylation is 1. The Labute approximate surface area is 141 Å². The van der Waals surface area contributed by atoms with E-state index in [1.54, 1.807) is 0 Å². The van der Waals surface area contributed by atoms with Crippen LogP contribution in [0.3, 0.4) is 0 Å². The van der Waals surface area contributed by atoms with Crippen LogP contribution in [0.4, 0.5) is 0 Å². The van der Waals surface area contributed by atoms with E-state index in [-0.39, 0.29) is 0 Å². The molecular formula is C23H28. The second-order valence-electron chi connectivity index (χ2n) is 6.83. The van der Waals surface area contributed by atoms with Gasteiger partial charge in [-0.1, -0.05) is 80.1 Å². The predicted molar refractivity (Wildman–Crippen MR) is 99.8 cm³/mol. The SMILES string of the molecule is CCCc1ccc(CC(c2ccccc2)C2CC=CCC2)cc1. The molecule has 23 heavy (non-hydrogen) atoms. The van der Waals surface area contributed by atoms with E-state index in [1.165, 1.54) is 48.8 Å². The summed E-state index contributed by atoms with van der Waals surface area (Å²) >= 11 is 0. The monoisotopic (exact) mass is 304 g/mol. The maximum Gasteiger partial charge on any atom is -0.00901 e. The highest BCUT2D eigenvalue weighted by molar-refractivity contribution is 5.28. The van der Waals surface area contributed by atoms with Crippen LogP contribution in [-0.4, -0.2) is 0 Å². The number of hydrogen-bond acceptors (Lipinski definition) is 0. The maximum absolute atomic E-state index is 2.38. The van der Waals surface area contributed by atoms with Crippen LogP contribution >= 0.6 is 0 Å². The lowest BCUT2D eigenvalue weighted by Gasteiger charge is -2.29. The third-order valence-corrected chi connectivity index (χ3v) is 5.12. The first-order chi connectivity index (χ1) is 11.4. The normalized spacial score (nSPS) is 18.7. The molecule has 0 aliphatic heterocycles. The molecule has 2 aromatic rings. The Bertz CT molecular complexity index is 606. The van der Waals surface area contributed by atoms with Gasteiger partial charge in [-0.15, -0.1) is 0 Å². The number of allylic oxidation sites excluding steroid dienone is 2. The summed E-state index contributed by atoms with van der Waals surface area (Å²) in [5.41, 5.74) is 4.45. The molecule has 0 amide bonds. The van der Waals surface area contributed by atoms with Crippen molar-refractivity contribution >= 4 is 0 Å². The summed E-state index contributed by atoms with van der Waals surface area (Å²) in [6.07, 6.45) is 12.1. The maximum atomic E-state index is 2.38. The van der Waals surface area contributed by atoms with Crippen molar-refractivity contribution in [3.05, 3.63) is 83.4 Å². The minimum Gasteiger partial charge on any atom is -0.0885 e. The van der Waals surface area contributed by atoms with Crippen molar-refractivity contribution in [3.63, 3.8) is 0 Å².